The number of likely N-dealkylation sites (tertiary alicyclic amines) is 1. The van der Waals surface area contributed by atoms with Crippen LogP contribution in [0.2, 0.25) is 0 Å². The SMILES string of the molecule is CCCCN(CCN)C(=O)CN1C[C@H](c2cc(OC)c3c(c2)OCO3)[C@@H](C(=O)O)[C@@H]1CCC1=NC=CCC1CCC. The Morgan fingerprint density at radius 2 is 2.02 bits per heavy atom. The Morgan fingerprint density at radius 3 is 2.73 bits per heavy atom. The van der Waals surface area contributed by atoms with Gasteiger partial charge in [-0.05, 0) is 49.8 Å². The zero-order valence-electron chi connectivity index (χ0n) is 24.7. The number of aliphatic imine (C=N–C) groups is 1. The Kier molecular flexibility index (Phi) is 11.0. The van der Waals surface area contributed by atoms with Gasteiger partial charge >= 0.3 is 5.97 Å². The summed E-state index contributed by atoms with van der Waals surface area (Å²) in [4.78, 5) is 35.1. The van der Waals surface area contributed by atoms with Gasteiger partial charge in [-0.2, -0.15) is 0 Å². The van der Waals surface area contributed by atoms with Crippen LogP contribution in [-0.4, -0.2) is 85.2 Å². The Morgan fingerprint density at radius 1 is 1.20 bits per heavy atom. The lowest BCUT2D eigenvalue weighted by molar-refractivity contribution is -0.143. The summed E-state index contributed by atoms with van der Waals surface area (Å²) in [6.07, 6.45) is 10.3. The van der Waals surface area contributed by atoms with Crippen LogP contribution in [0.4, 0.5) is 0 Å². The van der Waals surface area contributed by atoms with E-state index in [4.69, 9.17) is 24.9 Å². The number of rotatable bonds is 15. The quantitative estimate of drug-likeness (QED) is 0.324. The van der Waals surface area contributed by atoms with E-state index in [2.05, 4.69) is 24.8 Å². The van der Waals surface area contributed by atoms with Gasteiger partial charge in [0.2, 0.25) is 18.4 Å². The first-order valence-electron chi connectivity index (χ1n) is 15.0. The highest BCUT2D eigenvalue weighted by Crippen LogP contribution is 2.47. The number of ether oxygens (including phenoxy) is 3. The molecule has 0 aromatic heterocycles. The van der Waals surface area contributed by atoms with Gasteiger partial charge in [-0.25, -0.2) is 0 Å². The Balaban J connectivity index is 1.64. The number of nitrogens with two attached hydrogens (primary N) is 1. The largest absolute Gasteiger partial charge is 0.493 e. The van der Waals surface area contributed by atoms with Crippen LogP contribution in [0.25, 0.3) is 0 Å². The number of hydrogen-bond donors (Lipinski definition) is 2. The third kappa shape index (κ3) is 7.22. The highest BCUT2D eigenvalue weighted by Gasteiger charge is 2.47. The van der Waals surface area contributed by atoms with E-state index in [-0.39, 0.29) is 31.2 Å². The molecule has 1 aromatic carbocycles. The van der Waals surface area contributed by atoms with Crippen LogP contribution in [0.5, 0.6) is 17.2 Å². The molecule has 1 fully saturated rings. The molecule has 1 amide bonds. The van der Waals surface area contributed by atoms with Gasteiger partial charge in [0.1, 0.15) is 0 Å². The molecule has 4 rings (SSSR count). The fourth-order valence-electron chi connectivity index (χ4n) is 6.51. The van der Waals surface area contributed by atoms with Crippen molar-refractivity contribution in [2.75, 3.05) is 46.6 Å². The van der Waals surface area contributed by atoms with Gasteiger partial charge in [0.15, 0.2) is 11.5 Å². The summed E-state index contributed by atoms with van der Waals surface area (Å²) in [5.74, 6) is 0.0355. The highest BCUT2D eigenvalue weighted by molar-refractivity contribution is 5.88. The van der Waals surface area contributed by atoms with Gasteiger partial charge in [0, 0.05) is 56.0 Å². The van der Waals surface area contributed by atoms with Gasteiger partial charge in [-0.3, -0.25) is 19.5 Å². The van der Waals surface area contributed by atoms with Crippen molar-refractivity contribution in [2.24, 2.45) is 22.6 Å². The van der Waals surface area contributed by atoms with Crippen LogP contribution in [0.15, 0.2) is 29.4 Å². The summed E-state index contributed by atoms with van der Waals surface area (Å²) in [5, 5.41) is 10.6. The van der Waals surface area contributed by atoms with Crippen molar-refractivity contribution in [1.82, 2.24) is 9.80 Å². The summed E-state index contributed by atoms with van der Waals surface area (Å²) >= 11 is 0. The Bertz CT molecular complexity index is 1120. The molecule has 0 spiro atoms. The highest BCUT2D eigenvalue weighted by atomic mass is 16.7. The van der Waals surface area contributed by atoms with Crippen molar-refractivity contribution in [3.63, 3.8) is 0 Å². The third-order valence-corrected chi connectivity index (χ3v) is 8.58. The normalized spacial score (nSPS) is 23.5. The molecule has 0 saturated carbocycles. The van der Waals surface area contributed by atoms with E-state index in [0.717, 1.165) is 43.4 Å². The van der Waals surface area contributed by atoms with Crippen LogP contribution in [0, 0.1) is 11.8 Å². The van der Waals surface area contributed by atoms with Crippen LogP contribution in [0.3, 0.4) is 0 Å². The first-order valence-corrected chi connectivity index (χ1v) is 15.0. The second-order valence-corrected chi connectivity index (χ2v) is 11.2. The topological polar surface area (TPSA) is 127 Å². The summed E-state index contributed by atoms with van der Waals surface area (Å²) in [6, 6.07) is 3.38. The second kappa shape index (κ2) is 14.7. The van der Waals surface area contributed by atoms with Crippen molar-refractivity contribution >= 4 is 17.6 Å². The molecule has 0 radical (unpaired) electrons. The molecule has 41 heavy (non-hydrogen) atoms. The molecule has 0 aliphatic carbocycles. The fraction of sp³-hybridized carbons (Fsp3) is 0.645. The maximum atomic E-state index is 13.5. The minimum absolute atomic E-state index is 0.0104. The zero-order chi connectivity index (χ0) is 29.4. The molecule has 0 bridgehead atoms. The van der Waals surface area contributed by atoms with Crippen molar-refractivity contribution in [2.45, 2.75) is 70.8 Å². The van der Waals surface area contributed by atoms with E-state index in [1.54, 1.807) is 7.11 Å². The molecule has 3 aliphatic rings. The Hall–Kier alpha value is -3.11. The van der Waals surface area contributed by atoms with E-state index in [0.29, 0.717) is 62.2 Å². The monoisotopic (exact) mass is 570 g/mol. The Labute approximate surface area is 243 Å². The maximum Gasteiger partial charge on any atom is 0.308 e. The number of nitrogens with zero attached hydrogens (tertiary/aromatic N) is 3. The second-order valence-electron chi connectivity index (χ2n) is 11.2. The lowest BCUT2D eigenvalue weighted by atomic mass is 9.82. The number of allylic oxidation sites excluding steroid dienone is 1. The van der Waals surface area contributed by atoms with Crippen LogP contribution >= 0.6 is 0 Å². The minimum Gasteiger partial charge on any atom is -0.493 e. The van der Waals surface area contributed by atoms with E-state index < -0.39 is 11.9 Å². The molecule has 1 saturated heterocycles. The van der Waals surface area contributed by atoms with Gasteiger partial charge in [-0.1, -0.05) is 32.8 Å². The maximum absolute atomic E-state index is 13.5. The third-order valence-electron chi connectivity index (χ3n) is 8.58. The lowest BCUT2D eigenvalue weighted by Gasteiger charge is -2.30. The van der Waals surface area contributed by atoms with Crippen LogP contribution in [-0.2, 0) is 9.59 Å². The van der Waals surface area contributed by atoms with Crippen LogP contribution < -0.4 is 19.9 Å². The number of benzene rings is 1. The fourth-order valence-corrected chi connectivity index (χ4v) is 6.51. The molecule has 226 valence electrons. The zero-order valence-corrected chi connectivity index (χ0v) is 24.7. The molecule has 10 heteroatoms. The average molecular weight is 571 g/mol. The van der Waals surface area contributed by atoms with Gasteiger partial charge in [0.05, 0.1) is 19.6 Å². The first kappa shape index (κ1) is 30.8. The molecule has 3 N–H and O–H groups in total. The van der Waals surface area contributed by atoms with Crippen molar-refractivity contribution in [3.05, 3.63) is 30.0 Å². The van der Waals surface area contributed by atoms with Crippen molar-refractivity contribution in [3.8, 4) is 17.2 Å². The number of methoxy groups -OCH3 is 1. The summed E-state index contributed by atoms with van der Waals surface area (Å²) in [6.45, 7) is 6.49. The number of carbonyl (C=O) groups is 2. The number of aliphatic carboxylic acids is 1. The first-order chi connectivity index (χ1) is 19.9. The number of hydrogen-bond acceptors (Lipinski definition) is 8. The smallest absolute Gasteiger partial charge is 0.308 e. The summed E-state index contributed by atoms with van der Waals surface area (Å²) in [5.41, 5.74) is 7.78. The molecular weight excluding hydrogens is 524 g/mol. The van der Waals surface area contributed by atoms with E-state index in [1.165, 1.54) is 0 Å². The number of fused-ring (bicyclic) bond motifs is 1. The van der Waals surface area contributed by atoms with Gasteiger partial charge in [-0.15, -0.1) is 0 Å². The average Bonchev–Trinajstić information content (AvgIpc) is 3.59. The molecule has 10 nitrogen and oxygen atoms in total. The standard InChI is InChI=1S/C31H46N4O6/c1-4-6-14-34(15-12-32)28(36)19-35-18-23(22-16-26(39-3)30-27(17-22)40-20-41-30)29(31(37)38)25(35)11-10-24-21(8-5-2)9-7-13-33-24/h7,13,16-17,21,23,25,29H,4-6,8-12,14-15,18-20,32H2,1-3H3,(H,37,38)/t21?,23-,25+,29-/m1/s1. The number of amides is 1. The van der Waals surface area contributed by atoms with Gasteiger partial charge in [0.25, 0.3) is 0 Å². The van der Waals surface area contributed by atoms with Crippen molar-refractivity contribution < 1.29 is 28.9 Å². The molecule has 1 unspecified atom stereocenters. The minimum atomic E-state index is -0.869. The molecule has 4 atom stereocenters. The van der Waals surface area contributed by atoms with E-state index in [9.17, 15) is 14.7 Å². The van der Waals surface area contributed by atoms with Crippen LogP contribution in [0.1, 0.15) is 70.3 Å². The molecule has 3 aliphatic heterocycles. The number of carbonyl (C=O) groups excluding carboxylic acids is 1. The molecule has 1 aromatic rings. The summed E-state index contributed by atoms with van der Waals surface area (Å²) in [7, 11) is 1.56. The van der Waals surface area contributed by atoms with Crippen molar-refractivity contribution in [1.29, 1.82) is 0 Å². The number of unbranched alkanes of at least 4 members (excludes halogenated alkanes) is 1. The van der Waals surface area contributed by atoms with Gasteiger partial charge < -0.3 is 30.0 Å². The molecular formula is C31H46N4O6. The van der Waals surface area contributed by atoms with E-state index in [1.807, 2.05) is 23.2 Å². The lowest BCUT2D eigenvalue weighted by Crippen LogP contribution is -2.45. The summed E-state index contributed by atoms with van der Waals surface area (Å²) < 4.78 is 16.8. The number of carboxylic acids is 1. The predicted molar refractivity (Wildman–Crippen MR) is 158 cm³/mol. The van der Waals surface area contributed by atoms with E-state index >= 15 is 0 Å². The molecule has 3 heterocycles. The number of carboxylic acid groups (broad SMARTS) is 1. The predicted octanol–water partition coefficient (Wildman–Crippen LogP) is 4.03.